The normalized spacial score (nSPS) is 11.7. The van der Waals surface area contributed by atoms with E-state index in [2.05, 4.69) is 0 Å². The Hall–Kier alpha value is -2.62. The van der Waals surface area contributed by atoms with Crippen LogP contribution in [0.2, 0.25) is 0 Å². The second kappa shape index (κ2) is 7.58. The summed E-state index contributed by atoms with van der Waals surface area (Å²) in [4.78, 5) is 25.7. The van der Waals surface area contributed by atoms with Gasteiger partial charge >= 0.3 is 5.97 Å². The van der Waals surface area contributed by atoms with Crippen molar-refractivity contribution in [3.8, 4) is 0 Å². The van der Waals surface area contributed by atoms with Crippen LogP contribution in [-0.4, -0.2) is 35.0 Å². The summed E-state index contributed by atoms with van der Waals surface area (Å²) in [5.41, 5.74) is 2.38. The minimum absolute atomic E-state index is 0.259. The van der Waals surface area contributed by atoms with Crippen LogP contribution in [0.3, 0.4) is 0 Å². The van der Waals surface area contributed by atoms with Crippen LogP contribution in [-0.2, 0) is 17.6 Å². The topological polar surface area (TPSA) is 57.6 Å². The molecule has 0 spiro atoms. The first-order valence-electron chi connectivity index (χ1n) is 7.66. The van der Waals surface area contributed by atoms with Gasteiger partial charge < -0.3 is 10.0 Å². The van der Waals surface area contributed by atoms with E-state index in [4.69, 9.17) is 0 Å². The third-order valence-electron chi connectivity index (χ3n) is 3.97. The zero-order valence-electron chi connectivity index (χ0n) is 13.4. The number of aliphatic carboxylic acids is 1. The van der Waals surface area contributed by atoms with E-state index in [-0.39, 0.29) is 12.3 Å². The number of carboxylic acids is 1. The monoisotopic (exact) mass is 311 g/mol. The van der Waals surface area contributed by atoms with Crippen molar-refractivity contribution in [2.24, 2.45) is 0 Å². The molecule has 1 amide bonds. The van der Waals surface area contributed by atoms with Gasteiger partial charge in [-0.25, -0.2) is 4.79 Å². The van der Waals surface area contributed by atoms with Crippen molar-refractivity contribution in [2.75, 3.05) is 7.05 Å². The maximum atomic E-state index is 12.7. The number of rotatable bonds is 6. The quantitative estimate of drug-likeness (QED) is 0.892. The number of benzene rings is 2. The number of carboxylic acid groups (broad SMARTS) is 1. The zero-order chi connectivity index (χ0) is 16.8. The maximum Gasteiger partial charge on any atom is 0.326 e. The molecule has 0 fully saturated rings. The van der Waals surface area contributed by atoms with E-state index in [9.17, 15) is 14.7 Å². The summed E-state index contributed by atoms with van der Waals surface area (Å²) in [6.07, 6.45) is 1.01. The van der Waals surface area contributed by atoms with E-state index in [0.29, 0.717) is 5.56 Å². The van der Waals surface area contributed by atoms with Crippen molar-refractivity contribution in [1.29, 1.82) is 0 Å². The Labute approximate surface area is 136 Å². The van der Waals surface area contributed by atoms with Gasteiger partial charge in [-0.05, 0) is 23.6 Å². The van der Waals surface area contributed by atoms with Gasteiger partial charge in [0.05, 0.1) is 0 Å². The van der Waals surface area contributed by atoms with E-state index < -0.39 is 12.0 Å². The lowest BCUT2D eigenvalue weighted by atomic mass is 10.0. The van der Waals surface area contributed by atoms with Crippen LogP contribution in [0.25, 0.3) is 0 Å². The van der Waals surface area contributed by atoms with Gasteiger partial charge in [0.2, 0.25) is 0 Å². The average Bonchev–Trinajstić information content (AvgIpc) is 2.59. The molecular weight excluding hydrogens is 290 g/mol. The van der Waals surface area contributed by atoms with Crippen LogP contribution < -0.4 is 0 Å². The number of hydrogen-bond acceptors (Lipinski definition) is 2. The molecule has 0 aromatic heterocycles. The van der Waals surface area contributed by atoms with Crippen LogP contribution in [0, 0.1) is 0 Å². The molecule has 1 N–H and O–H groups in total. The lowest BCUT2D eigenvalue weighted by molar-refractivity contribution is -0.141. The molecule has 23 heavy (non-hydrogen) atoms. The second-order valence-corrected chi connectivity index (χ2v) is 5.47. The molecule has 0 saturated heterocycles. The number of nitrogens with zero attached hydrogens (tertiary/aromatic N) is 1. The molecule has 0 saturated carbocycles. The second-order valence-electron chi connectivity index (χ2n) is 5.47. The minimum Gasteiger partial charge on any atom is -0.480 e. The Bertz CT molecular complexity index is 682. The van der Waals surface area contributed by atoms with Gasteiger partial charge in [0.1, 0.15) is 6.04 Å². The standard InChI is InChI=1S/C19H21NO3/c1-3-15-11-7-8-12-16(15)18(21)20(2)17(19(22)23)13-14-9-5-4-6-10-14/h4-12,17H,3,13H2,1-2H3,(H,22,23). The van der Waals surface area contributed by atoms with Gasteiger partial charge in [0.15, 0.2) is 0 Å². The molecular formula is C19H21NO3. The summed E-state index contributed by atoms with van der Waals surface area (Å²) in [7, 11) is 1.55. The van der Waals surface area contributed by atoms with Crippen LogP contribution in [0.1, 0.15) is 28.4 Å². The highest BCUT2D eigenvalue weighted by Crippen LogP contribution is 2.16. The van der Waals surface area contributed by atoms with Crippen molar-refractivity contribution in [3.05, 3.63) is 71.3 Å². The molecule has 0 aliphatic carbocycles. The smallest absolute Gasteiger partial charge is 0.326 e. The van der Waals surface area contributed by atoms with Gasteiger partial charge in [0.25, 0.3) is 5.91 Å². The number of carbonyl (C=O) groups excluding carboxylic acids is 1. The summed E-state index contributed by atoms with van der Waals surface area (Å²) >= 11 is 0. The Morgan fingerprint density at radius 2 is 1.65 bits per heavy atom. The van der Waals surface area contributed by atoms with Crippen molar-refractivity contribution in [2.45, 2.75) is 25.8 Å². The molecule has 0 aliphatic rings. The lowest BCUT2D eigenvalue weighted by Gasteiger charge is -2.26. The number of hydrogen-bond donors (Lipinski definition) is 1. The third-order valence-corrected chi connectivity index (χ3v) is 3.97. The van der Waals surface area contributed by atoms with Gasteiger partial charge in [-0.1, -0.05) is 55.5 Å². The molecule has 2 rings (SSSR count). The van der Waals surface area contributed by atoms with E-state index in [1.54, 1.807) is 19.2 Å². The van der Waals surface area contributed by atoms with E-state index >= 15 is 0 Å². The van der Waals surface area contributed by atoms with Crippen molar-refractivity contribution in [3.63, 3.8) is 0 Å². The fourth-order valence-corrected chi connectivity index (χ4v) is 2.60. The van der Waals surface area contributed by atoms with Gasteiger partial charge in [-0.2, -0.15) is 0 Å². The number of aryl methyl sites for hydroxylation is 1. The predicted molar refractivity (Wildman–Crippen MR) is 89.5 cm³/mol. The summed E-state index contributed by atoms with van der Waals surface area (Å²) in [5, 5.41) is 9.53. The molecule has 2 aromatic carbocycles. The summed E-state index contributed by atoms with van der Waals surface area (Å²) < 4.78 is 0. The first kappa shape index (κ1) is 16.7. The first-order chi connectivity index (χ1) is 11.0. The highest BCUT2D eigenvalue weighted by Gasteiger charge is 2.28. The Kier molecular flexibility index (Phi) is 5.52. The highest BCUT2D eigenvalue weighted by atomic mass is 16.4. The SMILES string of the molecule is CCc1ccccc1C(=O)N(C)C(Cc1ccccc1)C(=O)O. The molecule has 0 radical (unpaired) electrons. The van der Waals surface area contributed by atoms with Crippen LogP contribution in [0.5, 0.6) is 0 Å². The number of amides is 1. The highest BCUT2D eigenvalue weighted by molar-refractivity contribution is 5.97. The maximum absolute atomic E-state index is 12.7. The molecule has 2 aromatic rings. The molecule has 4 nitrogen and oxygen atoms in total. The van der Waals surface area contributed by atoms with Crippen LogP contribution >= 0.6 is 0 Å². The molecule has 4 heteroatoms. The number of carbonyl (C=O) groups is 2. The average molecular weight is 311 g/mol. The fraction of sp³-hybridized carbons (Fsp3) is 0.263. The Balaban J connectivity index is 2.25. The molecule has 0 aliphatic heterocycles. The Morgan fingerprint density at radius 1 is 1.04 bits per heavy atom. The molecule has 0 heterocycles. The van der Waals surface area contributed by atoms with E-state index in [0.717, 1.165) is 17.5 Å². The molecule has 1 atom stereocenters. The first-order valence-corrected chi connectivity index (χ1v) is 7.66. The van der Waals surface area contributed by atoms with E-state index in [1.165, 1.54) is 4.90 Å². The van der Waals surface area contributed by atoms with Gasteiger partial charge in [-0.3, -0.25) is 4.79 Å². The van der Waals surface area contributed by atoms with Gasteiger partial charge in [0, 0.05) is 19.0 Å². The van der Waals surface area contributed by atoms with Crippen molar-refractivity contribution < 1.29 is 14.7 Å². The van der Waals surface area contributed by atoms with Crippen molar-refractivity contribution in [1.82, 2.24) is 4.90 Å². The molecule has 1 unspecified atom stereocenters. The third kappa shape index (κ3) is 3.97. The van der Waals surface area contributed by atoms with Gasteiger partial charge in [-0.15, -0.1) is 0 Å². The minimum atomic E-state index is -1.00. The predicted octanol–water partition coefficient (Wildman–Crippen LogP) is 3.02. The largest absolute Gasteiger partial charge is 0.480 e. The van der Waals surface area contributed by atoms with Crippen molar-refractivity contribution >= 4 is 11.9 Å². The van der Waals surface area contributed by atoms with Crippen LogP contribution in [0.15, 0.2) is 54.6 Å². The zero-order valence-corrected chi connectivity index (χ0v) is 13.4. The summed E-state index contributed by atoms with van der Waals surface area (Å²) in [6, 6.07) is 15.8. The Morgan fingerprint density at radius 3 is 2.26 bits per heavy atom. The van der Waals surface area contributed by atoms with Crippen LogP contribution in [0.4, 0.5) is 0 Å². The molecule has 120 valence electrons. The fourth-order valence-electron chi connectivity index (χ4n) is 2.60. The summed E-state index contributed by atoms with van der Waals surface area (Å²) in [6.45, 7) is 1.98. The molecule has 0 bridgehead atoms. The lowest BCUT2D eigenvalue weighted by Crippen LogP contribution is -2.44. The van der Waals surface area contributed by atoms with E-state index in [1.807, 2.05) is 49.4 Å². The summed E-state index contributed by atoms with van der Waals surface area (Å²) in [5.74, 6) is -1.26. The number of likely N-dealkylation sites (N-methyl/N-ethyl adjacent to an activating group) is 1.